The highest BCUT2D eigenvalue weighted by molar-refractivity contribution is 9.10. The number of nitrogens with zero attached hydrogens (tertiary/aromatic N) is 1. The molecule has 4 atom stereocenters. The van der Waals surface area contributed by atoms with Crippen LogP contribution in [0.4, 0.5) is 5.69 Å². The number of benzene rings is 1. The van der Waals surface area contributed by atoms with E-state index in [1.54, 1.807) is 0 Å². The van der Waals surface area contributed by atoms with Crippen molar-refractivity contribution in [1.82, 2.24) is 0 Å². The normalized spacial score (nSPS) is 32.1. The van der Waals surface area contributed by atoms with Gasteiger partial charge in [0.25, 0.3) is 0 Å². The predicted octanol–water partition coefficient (Wildman–Crippen LogP) is 3.71. The van der Waals surface area contributed by atoms with E-state index in [2.05, 4.69) is 41.9 Å². The summed E-state index contributed by atoms with van der Waals surface area (Å²) < 4.78 is 0.777. The zero-order chi connectivity index (χ0) is 15.6. The lowest BCUT2D eigenvalue weighted by molar-refractivity contribution is -0.122. The summed E-state index contributed by atoms with van der Waals surface area (Å²) >= 11 is 3.45. The summed E-state index contributed by atoms with van der Waals surface area (Å²) in [6.45, 7) is 4.15. The monoisotopic (exact) mass is 357 g/mol. The average molecular weight is 358 g/mol. The first kappa shape index (κ1) is 13.9. The van der Waals surface area contributed by atoms with Gasteiger partial charge in [0.1, 0.15) is 0 Å². The van der Waals surface area contributed by atoms with Gasteiger partial charge < -0.3 is 0 Å². The lowest BCUT2D eigenvalue weighted by Gasteiger charge is -2.20. The van der Waals surface area contributed by atoms with Gasteiger partial charge in [-0.3, -0.25) is 9.59 Å². The standard InChI is InChI=1S/C18H16BrNO2/c1-9(2)14-10-7-8-11(14)16-15(10)17(21)20(18(16)22)13-6-4-3-5-12(13)19/h3-8,10-11,15-16H,1-2H3/t10-,11+,15-,16-/m1/s1. The van der Waals surface area contributed by atoms with Gasteiger partial charge in [-0.05, 0) is 41.9 Å². The zero-order valence-electron chi connectivity index (χ0n) is 12.4. The van der Waals surface area contributed by atoms with Gasteiger partial charge in [0, 0.05) is 16.3 Å². The summed E-state index contributed by atoms with van der Waals surface area (Å²) in [5.41, 5.74) is 3.18. The van der Waals surface area contributed by atoms with E-state index in [0.29, 0.717) is 5.69 Å². The third kappa shape index (κ3) is 1.62. The molecule has 2 fully saturated rings. The molecule has 2 aliphatic carbocycles. The Morgan fingerprint density at radius 3 is 2.05 bits per heavy atom. The zero-order valence-corrected chi connectivity index (χ0v) is 14.0. The summed E-state index contributed by atoms with van der Waals surface area (Å²) in [6.07, 6.45) is 4.23. The molecule has 0 aromatic heterocycles. The Hall–Kier alpha value is -1.68. The minimum atomic E-state index is -0.223. The van der Waals surface area contributed by atoms with Crippen LogP contribution in [0.3, 0.4) is 0 Å². The molecule has 1 aromatic carbocycles. The smallest absolute Gasteiger partial charge is 0.238 e. The van der Waals surface area contributed by atoms with Crippen LogP contribution in [0.1, 0.15) is 13.8 Å². The number of hydrogen-bond acceptors (Lipinski definition) is 2. The number of rotatable bonds is 1. The quantitative estimate of drug-likeness (QED) is 0.567. The molecule has 1 aromatic rings. The fourth-order valence-corrected chi connectivity index (χ4v) is 4.76. The van der Waals surface area contributed by atoms with Crippen LogP contribution >= 0.6 is 15.9 Å². The number of fused-ring (bicyclic) bond motifs is 5. The van der Waals surface area contributed by atoms with Crippen molar-refractivity contribution in [2.24, 2.45) is 23.7 Å². The minimum absolute atomic E-state index is 0.0579. The van der Waals surface area contributed by atoms with E-state index in [0.717, 1.165) is 4.47 Å². The Bertz CT molecular complexity index is 726. The molecule has 2 amide bonds. The second-order valence-electron chi connectivity index (χ2n) is 6.41. The maximum atomic E-state index is 12.9. The van der Waals surface area contributed by atoms with Crippen molar-refractivity contribution in [2.75, 3.05) is 4.90 Å². The van der Waals surface area contributed by atoms with Crippen LogP contribution in [0.25, 0.3) is 0 Å². The van der Waals surface area contributed by atoms with Crippen molar-refractivity contribution in [3.8, 4) is 0 Å². The molecule has 1 heterocycles. The first-order valence-corrected chi connectivity index (χ1v) is 8.29. The molecule has 0 radical (unpaired) electrons. The molecule has 0 spiro atoms. The van der Waals surface area contributed by atoms with Crippen molar-refractivity contribution >= 4 is 33.4 Å². The molecule has 112 valence electrons. The lowest BCUT2D eigenvalue weighted by atomic mass is 9.85. The number of halogens is 1. The molecule has 2 bridgehead atoms. The van der Waals surface area contributed by atoms with Crippen LogP contribution in [-0.4, -0.2) is 11.8 Å². The van der Waals surface area contributed by atoms with Gasteiger partial charge in [-0.15, -0.1) is 0 Å². The molecule has 1 saturated heterocycles. The van der Waals surface area contributed by atoms with E-state index in [9.17, 15) is 9.59 Å². The SMILES string of the molecule is CC(C)=C1[C@H]2C=C[C@@H]1[C@H]1C(=O)N(c3ccccc3Br)C(=O)[C@@H]12. The van der Waals surface area contributed by atoms with E-state index < -0.39 is 0 Å². The second kappa shape index (κ2) is 4.66. The van der Waals surface area contributed by atoms with Crippen LogP contribution in [0, 0.1) is 23.7 Å². The van der Waals surface area contributed by atoms with Gasteiger partial charge in [0.05, 0.1) is 17.5 Å². The van der Waals surface area contributed by atoms with Gasteiger partial charge in [-0.2, -0.15) is 0 Å². The highest BCUT2D eigenvalue weighted by atomic mass is 79.9. The average Bonchev–Trinajstić information content (AvgIpc) is 3.11. The summed E-state index contributed by atoms with van der Waals surface area (Å²) in [4.78, 5) is 27.3. The molecule has 1 saturated carbocycles. The fraction of sp³-hybridized carbons (Fsp3) is 0.333. The van der Waals surface area contributed by atoms with Gasteiger partial charge in [0.15, 0.2) is 0 Å². The maximum Gasteiger partial charge on any atom is 0.238 e. The Labute approximate surface area is 137 Å². The molecule has 0 unspecified atom stereocenters. The van der Waals surface area contributed by atoms with E-state index in [4.69, 9.17) is 0 Å². The summed E-state index contributed by atoms with van der Waals surface area (Å²) in [5, 5.41) is 0. The summed E-state index contributed by atoms with van der Waals surface area (Å²) in [7, 11) is 0. The maximum absolute atomic E-state index is 12.9. The number of amides is 2. The van der Waals surface area contributed by atoms with E-state index in [1.807, 2.05) is 24.3 Å². The van der Waals surface area contributed by atoms with Crippen LogP contribution < -0.4 is 4.90 Å². The van der Waals surface area contributed by atoms with E-state index in [1.165, 1.54) is 16.0 Å². The third-order valence-corrected chi connectivity index (χ3v) is 5.76. The van der Waals surface area contributed by atoms with Crippen molar-refractivity contribution in [1.29, 1.82) is 0 Å². The van der Waals surface area contributed by atoms with Crippen LogP contribution in [0.15, 0.2) is 52.0 Å². The van der Waals surface area contributed by atoms with Gasteiger partial charge in [0.2, 0.25) is 11.8 Å². The first-order valence-electron chi connectivity index (χ1n) is 7.50. The van der Waals surface area contributed by atoms with Crippen LogP contribution in [-0.2, 0) is 9.59 Å². The summed E-state index contributed by atoms with van der Waals surface area (Å²) in [6, 6.07) is 7.41. The molecule has 22 heavy (non-hydrogen) atoms. The fourth-order valence-electron chi connectivity index (χ4n) is 4.30. The number of anilines is 1. The number of carbonyl (C=O) groups is 2. The van der Waals surface area contributed by atoms with Gasteiger partial charge in [-0.25, -0.2) is 4.90 Å². The molecular formula is C18H16BrNO2. The number of para-hydroxylation sites is 1. The van der Waals surface area contributed by atoms with Gasteiger partial charge >= 0.3 is 0 Å². The Morgan fingerprint density at radius 2 is 1.55 bits per heavy atom. The molecule has 0 N–H and O–H groups in total. The predicted molar refractivity (Wildman–Crippen MR) is 88.1 cm³/mol. The lowest BCUT2D eigenvalue weighted by Crippen LogP contribution is -2.33. The number of imide groups is 1. The third-order valence-electron chi connectivity index (χ3n) is 5.09. The number of hydrogen-bond donors (Lipinski definition) is 0. The Morgan fingerprint density at radius 1 is 1.00 bits per heavy atom. The largest absolute Gasteiger partial charge is 0.274 e. The highest BCUT2D eigenvalue weighted by Gasteiger charge is 2.62. The van der Waals surface area contributed by atoms with Crippen molar-refractivity contribution in [3.05, 3.63) is 52.0 Å². The molecule has 3 aliphatic rings. The van der Waals surface area contributed by atoms with Crippen LogP contribution in [0.2, 0.25) is 0 Å². The van der Waals surface area contributed by atoms with E-state index in [-0.39, 0.29) is 35.5 Å². The number of carbonyl (C=O) groups excluding carboxylic acids is 2. The first-order chi connectivity index (χ1) is 10.5. The molecule has 3 nitrogen and oxygen atoms in total. The van der Waals surface area contributed by atoms with Gasteiger partial charge in [-0.1, -0.05) is 35.4 Å². The second-order valence-corrected chi connectivity index (χ2v) is 7.26. The van der Waals surface area contributed by atoms with Crippen molar-refractivity contribution in [2.45, 2.75) is 13.8 Å². The minimum Gasteiger partial charge on any atom is -0.274 e. The molecule has 4 rings (SSSR count). The topological polar surface area (TPSA) is 37.4 Å². The Balaban J connectivity index is 1.80. The molecule has 4 heteroatoms. The summed E-state index contributed by atoms with van der Waals surface area (Å²) in [5.74, 6) is -0.359. The van der Waals surface area contributed by atoms with E-state index >= 15 is 0 Å². The van der Waals surface area contributed by atoms with Crippen LogP contribution in [0.5, 0.6) is 0 Å². The molecule has 1 aliphatic heterocycles. The Kier molecular flexibility index (Phi) is 2.95. The molecular weight excluding hydrogens is 342 g/mol. The van der Waals surface area contributed by atoms with Crippen molar-refractivity contribution < 1.29 is 9.59 Å². The highest BCUT2D eigenvalue weighted by Crippen LogP contribution is 2.57. The van der Waals surface area contributed by atoms with Crippen molar-refractivity contribution in [3.63, 3.8) is 0 Å². The number of allylic oxidation sites excluding steroid dienone is 4.